The summed E-state index contributed by atoms with van der Waals surface area (Å²) >= 11 is 0. The van der Waals surface area contributed by atoms with E-state index < -0.39 is 36.7 Å². The number of carbonyl (C=O) groups is 2. The van der Waals surface area contributed by atoms with E-state index in [0.29, 0.717) is 0 Å². The summed E-state index contributed by atoms with van der Waals surface area (Å²) < 4.78 is 44.0. The molecule has 0 saturated carbocycles. The van der Waals surface area contributed by atoms with Crippen molar-refractivity contribution in [3.8, 4) is 0 Å². The number of aliphatic carboxylic acids is 1. The standard InChI is InChI=1S/C9H13F3O5/c1-3-17-7(15)8(2,6(13)14)4-16-5-9(10,11)12/h3-5H2,1-2H3,(H,13,14). The molecule has 1 N–H and O–H groups in total. The van der Waals surface area contributed by atoms with Crippen LogP contribution in [0.3, 0.4) is 0 Å². The second-order valence-electron chi connectivity index (χ2n) is 3.47. The van der Waals surface area contributed by atoms with Crippen LogP contribution in [-0.4, -0.2) is 43.0 Å². The number of carboxylic acids is 1. The van der Waals surface area contributed by atoms with Crippen molar-refractivity contribution in [2.75, 3.05) is 19.8 Å². The molecule has 8 heteroatoms. The van der Waals surface area contributed by atoms with Gasteiger partial charge in [-0.2, -0.15) is 13.2 Å². The molecule has 0 saturated heterocycles. The molecule has 5 nitrogen and oxygen atoms in total. The van der Waals surface area contributed by atoms with Crippen LogP contribution in [0.15, 0.2) is 0 Å². The van der Waals surface area contributed by atoms with Crippen molar-refractivity contribution in [3.05, 3.63) is 0 Å². The number of alkyl halides is 3. The predicted molar refractivity (Wildman–Crippen MR) is 49.2 cm³/mol. The number of halogens is 3. The maximum atomic E-state index is 11.8. The van der Waals surface area contributed by atoms with E-state index in [1.54, 1.807) is 0 Å². The van der Waals surface area contributed by atoms with Crippen molar-refractivity contribution in [1.29, 1.82) is 0 Å². The van der Waals surface area contributed by atoms with E-state index in [0.717, 1.165) is 6.92 Å². The first kappa shape index (κ1) is 15.7. The topological polar surface area (TPSA) is 72.8 Å². The second-order valence-corrected chi connectivity index (χ2v) is 3.47. The summed E-state index contributed by atoms with van der Waals surface area (Å²) in [6.45, 7) is -0.183. The minimum atomic E-state index is -4.58. The Hall–Kier alpha value is -1.31. The molecule has 0 rings (SSSR count). The van der Waals surface area contributed by atoms with Gasteiger partial charge < -0.3 is 14.6 Å². The van der Waals surface area contributed by atoms with E-state index in [1.165, 1.54) is 6.92 Å². The van der Waals surface area contributed by atoms with E-state index in [-0.39, 0.29) is 6.61 Å². The summed E-state index contributed by atoms with van der Waals surface area (Å²) in [5, 5.41) is 8.80. The highest BCUT2D eigenvalue weighted by molar-refractivity contribution is 5.98. The van der Waals surface area contributed by atoms with Crippen molar-refractivity contribution in [2.24, 2.45) is 5.41 Å². The predicted octanol–water partition coefficient (Wildman–Crippen LogP) is 1.22. The Bertz CT molecular complexity index is 289. The monoisotopic (exact) mass is 258 g/mol. The Morgan fingerprint density at radius 3 is 2.12 bits per heavy atom. The molecular weight excluding hydrogens is 245 g/mol. The van der Waals surface area contributed by atoms with E-state index in [9.17, 15) is 22.8 Å². The average molecular weight is 258 g/mol. The van der Waals surface area contributed by atoms with Gasteiger partial charge >= 0.3 is 18.1 Å². The molecular formula is C9H13F3O5. The van der Waals surface area contributed by atoms with Gasteiger partial charge in [-0.1, -0.05) is 0 Å². The first-order valence-corrected chi connectivity index (χ1v) is 4.68. The van der Waals surface area contributed by atoms with Gasteiger partial charge in [0.05, 0.1) is 13.2 Å². The van der Waals surface area contributed by atoms with Crippen LogP contribution in [0, 0.1) is 5.41 Å². The molecule has 0 aromatic heterocycles. The Morgan fingerprint density at radius 1 is 1.24 bits per heavy atom. The highest BCUT2D eigenvalue weighted by Gasteiger charge is 2.44. The van der Waals surface area contributed by atoms with Crippen LogP contribution >= 0.6 is 0 Å². The third-order valence-electron chi connectivity index (χ3n) is 1.85. The minimum absolute atomic E-state index is 0.0685. The molecule has 0 aliphatic rings. The smallest absolute Gasteiger partial charge is 0.411 e. The number of carbonyl (C=O) groups excluding carboxylic acids is 1. The van der Waals surface area contributed by atoms with Gasteiger partial charge in [-0.05, 0) is 13.8 Å². The van der Waals surface area contributed by atoms with E-state index in [4.69, 9.17) is 5.11 Å². The molecule has 0 fully saturated rings. The molecule has 0 spiro atoms. The molecule has 1 unspecified atom stereocenters. The van der Waals surface area contributed by atoms with Crippen molar-refractivity contribution in [1.82, 2.24) is 0 Å². The normalized spacial score (nSPS) is 15.1. The largest absolute Gasteiger partial charge is 0.480 e. The Labute approximate surface area is 95.5 Å². The fraction of sp³-hybridized carbons (Fsp3) is 0.778. The molecule has 100 valence electrons. The molecule has 0 bridgehead atoms. The van der Waals surface area contributed by atoms with E-state index >= 15 is 0 Å². The Morgan fingerprint density at radius 2 is 1.76 bits per heavy atom. The summed E-state index contributed by atoms with van der Waals surface area (Å²) in [6, 6.07) is 0. The van der Waals surface area contributed by atoms with Gasteiger partial charge in [-0.15, -0.1) is 0 Å². The van der Waals surface area contributed by atoms with Gasteiger partial charge in [0.15, 0.2) is 5.41 Å². The summed E-state index contributed by atoms with van der Waals surface area (Å²) in [5.41, 5.74) is -2.14. The molecule has 0 heterocycles. The zero-order valence-electron chi connectivity index (χ0n) is 9.34. The fourth-order valence-electron chi connectivity index (χ4n) is 0.869. The molecule has 17 heavy (non-hydrogen) atoms. The average Bonchev–Trinajstić information content (AvgIpc) is 2.15. The van der Waals surface area contributed by atoms with Crippen LogP contribution in [0.5, 0.6) is 0 Å². The van der Waals surface area contributed by atoms with Gasteiger partial charge in [-0.25, -0.2) is 0 Å². The zero-order valence-corrected chi connectivity index (χ0v) is 9.34. The van der Waals surface area contributed by atoms with Crippen molar-refractivity contribution >= 4 is 11.9 Å². The summed E-state index contributed by atoms with van der Waals surface area (Å²) in [7, 11) is 0. The minimum Gasteiger partial charge on any atom is -0.480 e. The number of ether oxygens (including phenoxy) is 2. The van der Waals surface area contributed by atoms with Crippen LogP contribution in [-0.2, 0) is 19.1 Å². The van der Waals surface area contributed by atoms with Crippen molar-refractivity contribution in [3.63, 3.8) is 0 Å². The van der Waals surface area contributed by atoms with Gasteiger partial charge in [-0.3, -0.25) is 9.59 Å². The number of hydrogen-bond acceptors (Lipinski definition) is 4. The lowest BCUT2D eigenvalue weighted by Gasteiger charge is -2.22. The molecule has 1 atom stereocenters. The van der Waals surface area contributed by atoms with Gasteiger partial charge in [0.2, 0.25) is 0 Å². The SMILES string of the molecule is CCOC(=O)C(C)(COCC(F)(F)F)C(=O)O. The third kappa shape index (κ3) is 5.03. The lowest BCUT2D eigenvalue weighted by molar-refractivity contribution is -0.192. The number of carboxylic acid groups (broad SMARTS) is 1. The summed E-state index contributed by atoms with van der Waals surface area (Å²) in [4.78, 5) is 22.1. The van der Waals surface area contributed by atoms with Crippen LogP contribution in [0.4, 0.5) is 13.2 Å². The van der Waals surface area contributed by atoms with Crippen LogP contribution in [0.25, 0.3) is 0 Å². The van der Waals surface area contributed by atoms with Crippen molar-refractivity contribution in [2.45, 2.75) is 20.0 Å². The van der Waals surface area contributed by atoms with Gasteiger partial charge in [0, 0.05) is 0 Å². The van der Waals surface area contributed by atoms with Crippen molar-refractivity contribution < 1.29 is 37.3 Å². The quantitative estimate of drug-likeness (QED) is 0.572. The maximum Gasteiger partial charge on any atom is 0.411 e. The highest BCUT2D eigenvalue weighted by Crippen LogP contribution is 2.22. The molecule has 0 aliphatic carbocycles. The summed E-state index contributed by atoms with van der Waals surface area (Å²) in [6.07, 6.45) is -4.58. The van der Waals surface area contributed by atoms with Crippen LogP contribution in [0.1, 0.15) is 13.8 Å². The third-order valence-corrected chi connectivity index (χ3v) is 1.85. The maximum absolute atomic E-state index is 11.8. The molecule has 0 aromatic carbocycles. The fourth-order valence-corrected chi connectivity index (χ4v) is 0.869. The van der Waals surface area contributed by atoms with Crippen LogP contribution in [0.2, 0.25) is 0 Å². The molecule has 0 amide bonds. The van der Waals surface area contributed by atoms with Gasteiger partial charge in [0.1, 0.15) is 6.61 Å². The molecule has 0 radical (unpaired) electrons. The number of esters is 1. The summed E-state index contributed by atoms with van der Waals surface area (Å²) in [5.74, 6) is -2.73. The van der Waals surface area contributed by atoms with Crippen LogP contribution < -0.4 is 0 Å². The highest BCUT2D eigenvalue weighted by atomic mass is 19.4. The lowest BCUT2D eigenvalue weighted by atomic mass is 9.92. The molecule has 0 aliphatic heterocycles. The van der Waals surface area contributed by atoms with E-state index in [1.807, 2.05) is 0 Å². The second kappa shape index (κ2) is 5.85. The number of rotatable bonds is 6. The first-order valence-electron chi connectivity index (χ1n) is 4.68. The zero-order chi connectivity index (χ0) is 13.7. The Kier molecular flexibility index (Phi) is 5.40. The van der Waals surface area contributed by atoms with Gasteiger partial charge in [0.25, 0.3) is 0 Å². The Balaban J connectivity index is 4.53. The first-order chi connectivity index (χ1) is 7.63. The number of hydrogen-bond donors (Lipinski definition) is 1. The lowest BCUT2D eigenvalue weighted by Crippen LogP contribution is -2.42. The molecule has 0 aromatic rings. The van der Waals surface area contributed by atoms with E-state index in [2.05, 4.69) is 9.47 Å².